The number of nitrogens with one attached hydrogen (secondary N) is 1. The lowest BCUT2D eigenvalue weighted by molar-refractivity contribution is -0.542. The van der Waals surface area contributed by atoms with Gasteiger partial charge in [-0.15, -0.1) is 5.43 Å². The molecule has 0 saturated heterocycles. The van der Waals surface area contributed by atoms with E-state index in [1.54, 1.807) is 6.08 Å². The van der Waals surface area contributed by atoms with Crippen LogP contribution in [0.3, 0.4) is 0 Å². The molecular formula is C9H10N2O2. The molecule has 1 aromatic rings. The number of nitro groups is 1. The Hall–Kier alpha value is -1.84. The molecule has 0 radical (unpaired) electrons. The van der Waals surface area contributed by atoms with Gasteiger partial charge in [0.2, 0.25) is 0 Å². The summed E-state index contributed by atoms with van der Waals surface area (Å²) in [5.41, 5.74) is 3.09. The highest BCUT2D eigenvalue weighted by molar-refractivity contribution is 5.48. The largest absolute Gasteiger partial charge is 0.235 e. The predicted octanol–water partition coefficient (Wildman–Crippen LogP) is 1.48. The Kier molecular flexibility index (Phi) is 3.50. The minimum absolute atomic E-state index is 0.238. The summed E-state index contributed by atoms with van der Waals surface area (Å²) in [6.45, 7) is 0.238. The van der Waals surface area contributed by atoms with Crippen LogP contribution in [-0.4, -0.2) is 11.6 Å². The lowest BCUT2D eigenvalue weighted by atomic mass is 10.2. The fraction of sp³-hybridized carbons (Fsp3) is 0.111. The average molecular weight is 178 g/mol. The van der Waals surface area contributed by atoms with Crippen LogP contribution in [0.2, 0.25) is 0 Å². The van der Waals surface area contributed by atoms with Gasteiger partial charge in [-0.2, -0.15) is 0 Å². The van der Waals surface area contributed by atoms with Crippen LogP contribution in [0.15, 0.2) is 36.4 Å². The number of hydrogen-bond acceptors (Lipinski definition) is 2. The van der Waals surface area contributed by atoms with Crippen LogP contribution in [0.25, 0.3) is 6.08 Å². The number of rotatable bonds is 4. The second-order valence-electron chi connectivity index (χ2n) is 2.43. The molecule has 68 valence electrons. The summed E-state index contributed by atoms with van der Waals surface area (Å²) in [6.07, 6.45) is 3.54. The van der Waals surface area contributed by atoms with Crippen LogP contribution in [-0.2, 0) is 0 Å². The number of benzene rings is 1. The molecule has 1 rings (SSSR count). The number of hydrogen-bond donors (Lipinski definition) is 1. The summed E-state index contributed by atoms with van der Waals surface area (Å²) in [7, 11) is 0. The third kappa shape index (κ3) is 3.91. The maximum absolute atomic E-state index is 9.87. The van der Waals surface area contributed by atoms with E-state index in [1.807, 2.05) is 36.4 Å². The molecule has 13 heavy (non-hydrogen) atoms. The van der Waals surface area contributed by atoms with Crippen molar-refractivity contribution >= 4 is 6.08 Å². The smallest absolute Gasteiger partial charge is 0.157 e. The third-order valence-corrected chi connectivity index (χ3v) is 1.45. The highest BCUT2D eigenvalue weighted by Crippen LogP contribution is 1.99. The van der Waals surface area contributed by atoms with Gasteiger partial charge in [-0.1, -0.05) is 42.5 Å². The normalized spacial score (nSPS) is 10.2. The van der Waals surface area contributed by atoms with Crippen molar-refractivity contribution in [2.75, 3.05) is 6.54 Å². The highest BCUT2D eigenvalue weighted by Gasteiger charge is 1.87. The Morgan fingerprint density at radius 2 is 2.08 bits per heavy atom. The lowest BCUT2D eigenvalue weighted by Gasteiger charge is -1.91. The molecule has 0 aliphatic carbocycles. The van der Waals surface area contributed by atoms with Crippen molar-refractivity contribution in [3.8, 4) is 0 Å². The summed E-state index contributed by atoms with van der Waals surface area (Å²) in [6, 6.07) is 9.62. The van der Waals surface area contributed by atoms with Crippen molar-refractivity contribution in [1.82, 2.24) is 5.43 Å². The van der Waals surface area contributed by atoms with E-state index in [-0.39, 0.29) is 6.54 Å². The monoisotopic (exact) mass is 178 g/mol. The number of hydrazine groups is 1. The average Bonchev–Trinajstić information content (AvgIpc) is 2.14. The standard InChI is InChI=1S/C9H10N2O2/c12-11(13)10-8-4-7-9-5-2-1-3-6-9/h1-7,10H,8H2/b7-4+. The minimum Gasteiger partial charge on any atom is -0.235 e. The Labute approximate surface area is 76.0 Å². The van der Waals surface area contributed by atoms with E-state index >= 15 is 0 Å². The second-order valence-corrected chi connectivity index (χ2v) is 2.43. The molecule has 4 nitrogen and oxygen atoms in total. The summed E-state index contributed by atoms with van der Waals surface area (Å²) in [5, 5.41) is 9.31. The van der Waals surface area contributed by atoms with Crippen LogP contribution in [0.5, 0.6) is 0 Å². The molecule has 0 unspecified atom stereocenters. The van der Waals surface area contributed by atoms with Gasteiger partial charge in [0, 0.05) is 0 Å². The molecule has 0 amide bonds. The first kappa shape index (κ1) is 9.25. The van der Waals surface area contributed by atoms with Gasteiger partial charge >= 0.3 is 0 Å². The van der Waals surface area contributed by atoms with Crippen LogP contribution < -0.4 is 5.43 Å². The van der Waals surface area contributed by atoms with Crippen molar-refractivity contribution in [3.05, 3.63) is 52.1 Å². The zero-order valence-corrected chi connectivity index (χ0v) is 7.01. The maximum Gasteiger partial charge on any atom is 0.157 e. The van der Waals surface area contributed by atoms with E-state index in [4.69, 9.17) is 0 Å². The van der Waals surface area contributed by atoms with E-state index in [9.17, 15) is 10.1 Å². The Morgan fingerprint density at radius 1 is 1.38 bits per heavy atom. The Balaban J connectivity index is 2.37. The number of nitrogens with zero attached hydrogens (tertiary/aromatic N) is 1. The molecule has 0 fully saturated rings. The molecule has 0 spiro atoms. The molecule has 4 heteroatoms. The molecule has 0 heterocycles. The molecule has 0 aliphatic rings. The van der Waals surface area contributed by atoms with Crippen LogP contribution in [0.1, 0.15) is 5.56 Å². The summed E-state index contributed by atoms with van der Waals surface area (Å²) < 4.78 is 0. The SMILES string of the molecule is O=[N+]([O-])NC/C=C/c1ccccc1. The van der Waals surface area contributed by atoms with E-state index in [0.717, 1.165) is 5.56 Å². The predicted molar refractivity (Wildman–Crippen MR) is 50.5 cm³/mol. The minimum atomic E-state index is -0.560. The van der Waals surface area contributed by atoms with Crippen molar-refractivity contribution in [1.29, 1.82) is 0 Å². The summed E-state index contributed by atoms with van der Waals surface area (Å²) >= 11 is 0. The Bertz CT molecular complexity index is 296. The van der Waals surface area contributed by atoms with Gasteiger partial charge in [0.15, 0.2) is 5.03 Å². The second kappa shape index (κ2) is 4.92. The quantitative estimate of drug-likeness (QED) is 0.561. The van der Waals surface area contributed by atoms with Gasteiger partial charge in [-0.05, 0) is 5.56 Å². The molecule has 1 N–H and O–H groups in total. The first-order valence-electron chi connectivity index (χ1n) is 3.88. The van der Waals surface area contributed by atoms with E-state index < -0.39 is 5.03 Å². The summed E-state index contributed by atoms with van der Waals surface area (Å²) in [5.74, 6) is 0. The molecule has 0 aromatic heterocycles. The molecule has 1 aromatic carbocycles. The van der Waals surface area contributed by atoms with Gasteiger partial charge in [0.05, 0.1) is 6.54 Å². The third-order valence-electron chi connectivity index (χ3n) is 1.45. The fourth-order valence-electron chi connectivity index (χ4n) is 0.886. The zero-order chi connectivity index (χ0) is 9.52. The van der Waals surface area contributed by atoms with E-state index in [2.05, 4.69) is 5.43 Å². The first-order chi connectivity index (χ1) is 6.29. The highest BCUT2D eigenvalue weighted by atomic mass is 16.7. The van der Waals surface area contributed by atoms with Crippen LogP contribution in [0, 0.1) is 10.1 Å². The fourth-order valence-corrected chi connectivity index (χ4v) is 0.886. The molecule has 0 atom stereocenters. The Morgan fingerprint density at radius 3 is 2.69 bits per heavy atom. The van der Waals surface area contributed by atoms with Crippen molar-refractivity contribution in [2.45, 2.75) is 0 Å². The molecule has 0 aliphatic heterocycles. The van der Waals surface area contributed by atoms with Crippen molar-refractivity contribution in [3.63, 3.8) is 0 Å². The van der Waals surface area contributed by atoms with Gasteiger partial charge in [-0.3, -0.25) is 0 Å². The van der Waals surface area contributed by atoms with E-state index in [1.165, 1.54) is 0 Å². The topological polar surface area (TPSA) is 55.2 Å². The molecular weight excluding hydrogens is 168 g/mol. The maximum atomic E-state index is 9.87. The van der Waals surface area contributed by atoms with Gasteiger partial charge < -0.3 is 0 Å². The first-order valence-corrected chi connectivity index (χ1v) is 3.88. The van der Waals surface area contributed by atoms with Crippen LogP contribution >= 0.6 is 0 Å². The lowest BCUT2D eigenvalue weighted by Crippen LogP contribution is -2.20. The van der Waals surface area contributed by atoms with Crippen molar-refractivity contribution in [2.24, 2.45) is 0 Å². The van der Waals surface area contributed by atoms with Gasteiger partial charge in [-0.25, -0.2) is 10.1 Å². The molecule has 0 bridgehead atoms. The van der Waals surface area contributed by atoms with Crippen molar-refractivity contribution < 1.29 is 5.03 Å². The summed E-state index contributed by atoms with van der Waals surface area (Å²) in [4.78, 5) is 9.87. The van der Waals surface area contributed by atoms with Gasteiger partial charge in [0.1, 0.15) is 0 Å². The van der Waals surface area contributed by atoms with Gasteiger partial charge in [0.25, 0.3) is 0 Å². The van der Waals surface area contributed by atoms with Crippen LogP contribution in [0.4, 0.5) is 0 Å². The van der Waals surface area contributed by atoms with E-state index in [0.29, 0.717) is 0 Å². The zero-order valence-electron chi connectivity index (χ0n) is 7.01. The molecule has 0 saturated carbocycles.